The predicted octanol–water partition coefficient (Wildman–Crippen LogP) is 3.62. The molecule has 1 N–H and O–H groups in total. The molecule has 5 nitrogen and oxygen atoms in total. The lowest BCUT2D eigenvalue weighted by atomic mass is 10.0. The Morgan fingerprint density at radius 2 is 1.80 bits per heavy atom. The average Bonchev–Trinajstić information content (AvgIpc) is 2.80. The number of aromatic nitrogens is 2. The number of carbonyl (C=O) groups excluding carboxylic acids is 1. The molecule has 136 valence electrons. The summed E-state index contributed by atoms with van der Waals surface area (Å²) < 4.78 is 1.79. The average molecular weight is 342 g/mol. The van der Waals surface area contributed by atoms with Crippen LogP contribution >= 0.6 is 0 Å². The summed E-state index contributed by atoms with van der Waals surface area (Å²) in [4.78, 5) is 14.7. The minimum absolute atomic E-state index is 0.0134. The third-order valence-electron chi connectivity index (χ3n) is 4.88. The Morgan fingerprint density at radius 1 is 1.20 bits per heavy atom. The number of aryl methyl sites for hydroxylation is 2. The van der Waals surface area contributed by atoms with Crippen LogP contribution in [0.2, 0.25) is 0 Å². The van der Waals surface area contributed by atoms with Gasteiger partial charge in [0.25, 0.3) is 0 Å². The topological polar surface area (TPSA) is 50.2 Å². The van der Waals surface area contributed by atoms with E-state index < -0.39 is 0 Å². The maximum atomic E-state index is 12.6. The lowest BCUT2D eigenvalue weighted by Crippen LogP contribution is -2.39. The van der Waals surface area contributed by atoms with Crippen LogP contribution in [0.5, 0.6) is 0 Å². The van der Waals surface area contributed by atoms with Crippen molar-refractivity contribution in [2.45, 2.75) is 53.1 Å². The molecule has 1 heterocycles. The summed E-state index contributed by atoms with van der Waals surface area (Å²) >= 11 is 0. The maximum Gasteiger partial charge on any atom is 0.241 e. The summed E-state index contributed by atoms with van der Waals surface area (Å²) in [5.74, 6) is 0.517. The van der Waals surface area contributed by atoms with Crippen molar-refractivity contribution in [1.82, 2.24) is 14.7 Å². The maximum absolute atomic E-state index is 12.6. The molecule has 1 unspecified atom stereocenters. The predicted molar refractivity (Wildman–Crippen MR) is 103 cm³/mol. The van der Waals surface area contributed by atoms with Crippen LogP contribution in [0.3, 0.4) is 0 Å². The molecule has 0 fully saturated rings. The smallest absolute Gasteiger partial charge is 0.241 e. The van der Waals surface area contributed by atoms with Gasteiger partial charge >= 0.3 is 0 Å². The first-order valence-corrected chi connectivity index (χ1v) is 8.80. The van der Waals surface area contributed by atoms with Crippen molar-refractivity contribution in [2.24, 2.45) is 7.05 Å². The van der Waals surface area contributed by atoms with Crippen molar-refractivity contribution < 1.29 is 4.79 Å². The van der Waals surface area contributed by atoms with Gasteiger partial charge in [-0.3, -0.25) is 14.4 Å². The quantitative estimate of drug-likeness (QED) is 0.872. The minimum atomic E-state index is -0.233. The summed E-state index contributed by atoms with van der Waals surface area (Å²) in [6.07, 6.45) is 0. The van der Waals surface area contributed by atoms with Crippen LogP contribution in [0, 0.1) is 13.8 Å². The molecule has 1 aromatic carbocycles. The highest BCUT2D eigenvalue weighted by molar-refractivity contribution is 5.95. The molecular formula is C20H30N4O. The highest BCUT2D eigenvalue weighted by Gasteiger charge is 2.21. The Morgan fingerprint density at radius 3 is 2.28 bits per heavy atom. The van der Waals surface area contributed by atoms with E-state index in [4.69, 9.17) is 0 Å². The number of benzene rings is 1. The summed E-state index contributed by atoms with van der Waals surface area (Å²) in [6, 6.07) is 8.39. The zero-order valence-electron chi connectivity index (χ0n) is 16.4. The number of amides is 1. The van der Waals surface area contributed by atoms with Crippen molar-refractivity contribution in [3.05, 3.63) is 46.8 Å². The fourth-order valence-corrected chi connectivity index (χ4v) is 2.82. The van der Waals surface area contributed by atoms with Gasteiger partial charge in [0, 0.05) is 13.6 Å². The lowest BCUT2D eigenvalue weighted by Gasteiger charge is -2.24. The lowest BCUT2D eigenvalue weighted by molar-refractivity contribution is -0.120. The first-order valence-electron chi connectivity index (χ1n) is 8.80. The Labute approximate surface area is 151 Å². The van der Waals surface area contributed by atoms with Gasteiger partial charge in [-0.25, -0.2) is 0 Å². The number of hydrogen-bond donors (Lipinski definition) is 1. The number of carbonyl (C=O) groups is 1. The highest BCUT2D eigenvalue weighted by atomic mass is 16.2. The van der Waals surface area contributed by atoms with Crippen LogP contribution in [0.25, 0.3) is 0 Å². The second-order valence-corrected chi connectivity index (χ2v) is 7.15. The van der Waals surface area contributed by atoms with Crippen LogP contribution in [-0.4, -0.2) is 33.7 Å². The van der Waals surface area contributed by atoms with E-state index in [1.54, 1.807) is 4.68 Å². The Hall–Kier alpha value is -2.14. The van der Waals surface area contributed by atoms with Gasteiger partial charge in [-0.15, -0.1) is 0 Å². The van der Waals surface area contributed by atoms with E-state index in [-0.39, 0.29) is 11.9 Å². The first-order chi connectivity index (χ1) is 11.7. The largest absolute Gasteiger partial charge is 0.322 e. The summed E-state index contributed by atoms with van der Waals surface area (Å²) in [5.41, 5.74) is 5.16. The Bertz CT molecular complexity index is 731. The first kappa shape index (κ1) is 19.2. The molecule has 0 saturated heterocycles. The minimum Gasteiger partial charge on any atom is -0.322 e. The van der Waals surface area contributed by atoms with E-state index in [2.05, 4.69) is 53.4 Å². The monoisotopic (exact) mass is 342 g/mol. The van der Waals surface area contributed by atoms with Gasteiger partial charge in [-0.05, 0) is 44.9 Å². The molecule has 1 aromatic heterocycles. The Kier molecular flexibility index (Phi) is 6.01. The van der Waals surface area contributed by atoms with Crippen LogP contribution < -0.4 is 5.32 Å². The molecule has 0 aliphatic carbocycles. The standard InChI is InChI=1S/C20H30N4O/c1-13(2)18-10-8-17(9-11-18)12-23(6)16(5)20(25)21-19-14(3)22-24(7)15(19)4/h8-11,13,16H,12H2,1-7H3,(H,21,25). The zero-order valence-corrected chi connectivity index (χ0v) is 16.4. The molecule has 1 atom stereocenters. The van der Waals surface area contributed by atoms with Gasteiger partial charge in [0.05, 0.1) is 23.1 Å². The van der Waals surface area contributed by atoms with Crippen molar-refractivity contribution in [1.29, 1.82) is 0 Å². The molecule has 0 aliphatic heterocycles. The van der Waals surface area contributed by atoms with Gasteiger partial charge in [0.2, 0.25) is 5.91 Å². The summed E-state index contributed by atoms with van der Waals surface area (Å²) in [6.45, 7) is 10.9. The van der Waals surface area contributed by atoms with Crippen molar-refractivity contribution in [3.63, 3.8) is 0 Å². The van der Waals surface area contributed by atoms with E-state index in [0.717, 1.165) is 23.6 Å². The molecule has 0 aliphatic rings. The molecule has 2 rings (SSSR count). The molecule has 0 radical (unpaired) electrons. The van der Waals surface area contributed by atoms with E-state index in [1.165, 1.54) is 11.1 Å². The number of likely N-dealkylation sites (N-methyl/N-ethyl adjacent to an activating group) is 1. The highest BCUT2D eigenvalue weighted by Crippen LogP contribution is 2.20. The van der Waals surface area contributed by atoms with Crippen LogP contribution in [0.1, 0.15) is 49.2 Å². The van der Waals surface area contributed by atoms with Gasteiger partial charge in [-0.2, -0.15) is 5.10 Å². The third kappa shape index (κ3) is 4.48. The van der Waals surface area contributed by atoms with E-state index in [0.29, 0.717) is 5.92 Å². The molecule has 0 spiro atoms. The SMILES string of the molecule is Cc1nn(C)c(C)c1NC(=O)C(C)N(C)Cc1ccc(C(C)C)cc1. The Balaban J connectivity index is 2.01. The van der Waals surface area contributed by atoms with Gasteiger partial charge in [0.1, 0.15) is 0 Å². The summed E-state index contributed by atoms with van der Waals surface area (Å²) in [7, 11) is 3.86. The normalized spacial score (nSPS) is 12.7. The number of nitrogens with one attached hydrogen (secondary N) is 1. The third-order valence-corrected chi connectivity index (χ3v) is 4.88. The van der Waals surface area contributed by atoms with Crippen LogP contribution in [0.15, 0.2) is 24.3 Å². The summed E-state index contributed by atoms with van der Waals surface area (Å²) in [5, 5.41) is 7.37. The molecular weight excluding hydrogens is 312 g/mol. The fraction of sp³-hybridized carbons (Fsp3) is 0.500. The second kappa shape index (κ2) is 7.83. The van der Waals surface area contributed by atoms with Crippen LogP contribution in [-0.2, 0) is 18.4 Å². The van der Waals surface area contributed by atoms with Crippen molar-refractivity contribution in [2.75, 3.05) is 12.4 Å². The molecule has 0 bridgehead atoms. The van der Waals surface area contributed by atoms with E-state index in [1.807, 2.05) is 34.9 Å². The van der Waals surface area contributed by atoms with Crippen molar-refractivity contribution >= 4 is 11.6 Å². The van der Waals surface area contributed by atoms with Gasteiger partial charge < -0.3 is 5.32 Å². The molecule has 0 saturated carbocycles. The zero-order chi connectivity index (χ0) is 18.7. The molecule has 5 heteroatoms. The van der Waals surface area contributed by atoms with Crippen LogP contribution in [0.4, 0.5) is 5.69 Å². The molecule has 25 heavy (non-hydrogen) atoms. The number of nitrogens with zero attached hydrogens (tertiary/aromatic N) is 3. The molecule has 1 amide bonds. The number of rotatable bonds is 6. The van der Waals surface area contributed by atoms with E-state index >= 15 is 0 Å². The fourth-order valence-electron chi connectivity index (χ4n) is 2.82. The van der Waals surface area contributed by atoms with E-state index in [9.17, 15) is 4.79 Å². The number of anilines is 1. The molecule has 2 aromatic rings. The second-order valence-electron chi connectivity index (χ2n) is 7.15. The van der Waals surface area contributed by atoms with Gasteiger partial charge in [-0.1, -0.05) is 38.1 Å². The number of hydrogen-bond acceptors (Lipinski definition) is 3. The van der Waals surface area contributed by atoms with Gasteiger partial charge in [0.15, 0.2) is 0 Å². The van der Waals surface area contributed by atoms with Crippen molar-refractivity contribution in [3.8, 4) is 0 Å².